The second kappa shape index (κ2) is 5.60. The van der Waals surface area contributed by atoms with E-state index in [2.05, 4.69) is 17.2 Å². The molecule has 0 aliphatic rings. The van der Waals surface area contributed by atoms with E-state index in [0.29, 0.717) is 19.0 Å². The molecule has 0 unspecified atom stereocenters. The van der Waals surface area contributed by atoms with Crippen LogP contribution in [0.2, 0.25) is 0 Å². The molecule has 1 aromatic rings. The second-order valence-corrected chi connectivity index (χ2v) is 3.42. The Morgan fingerprint density at radius 1 is 1.29 bits per heavy atom. The van der Waals surface area contributed by atoms with E-state index in [1.54, 1.807) is 7.05 Å². The molecule has 0 aromatic heterocycles. The molecular weight excluding hydrogens is 231 g/mol. The van der Waals surface area contributed by atoms with Crippen LogP contribution in [-0.2, 0) is 6.18 Å². The van der Waals surface area contributed by atoms with Gasteiger partial charge in [0.2, 0.25) is 0 Å². The maximum absolute atomic E-state index is 12.4. The normalized spacial score (nSPS) is 10.8. The number of halogens is 3. The third-order valence-electron chi connectivity index (χ3n) is 1.98. The smallest absolute Gasteiger partial charge is 0.416 e. The summed E-state index contributed by atoms with van der Waals surface area (Å²) in [5.41, 5.74) is -0.733. The van der Waals surface area contributed by atoms with Crippen LogP contribution in [0.4, 0.5) is 13.2 Å². The minimum absolute atomic E-state index is 0.161. The average Bonchev–Trinajstić information content (AvgIpc) is 2.22. The summed E-state index contributed by atoms with van der Waals surface area (Å²) in [6, 6.07) is 2.81. The standard InChI is InChI=1S/C12H12F3NO/c1-16-5-3-2-4-9-6-10(12(13,14)15)8-11(17)7-9/h6-8,16-17H,3,5H2,1H3. The van der Waals surface area contributed by atoms with Crippen LogP contribution in [0.3, 0.4) is 0 Å². The van der Waals surface area contributed by atoms with Crippen LogP contribution >= 0.6 is 0 Å². The monoisotopic (exact) mass is 243 g/mol. The number of rotatable bonds is 2. The Balaban J connectivity index is 2.93. The maximum Gasteiger partial charge on any atom is 0.416 e. The van der Waals surface area contributed by atoms with Crippen LogP contribution in [-0.4, -0.2) is 18.7 Å². The van der Waals surface area contributed by atoms with E-state index in [1.807, 2.05) is 0 Å². The number of alkyl halides is 3. The van der Waals surface area contributed by atoms with Crippen molar-refractivity contribution < 1.29 is 18.3 Å². The van der Waals surface area contributed by atoms with E-state index in [-0.39, 0.29) is 5.56 Å². The summed E-state index contributed by atoms with van der Waals surface area (Å²) in [5.74, 6) is 4.87. The van der Waals surface area contributed by atoms with Crippen LogP contribution in [0.25, 0.3) is 0 Å². The molecule has 1 aromatic carbocycles. The Morgan fingerprint density at radius 3 is 2.59 bits per heavy atom. The Bertz CT molecular complexity index is 443. The highest BCUT2D eigenvalue weighted by Crippen LogP contribution is 2.32. The lowest BCUT2D eigenvalue weighted by Gasteiger charge is -2.07. The number of aromatic hydroxyl groups is 1. The van der Waals surface area contributed by atoms with E-state index < -0.39 is 17.5 Å². The molecule has 0 saturated carbocycles. The van der Waals surface area contributed by atoms with Gasteiger partial charge in [-0.3, -0.25) is 0 Å². The van der Waals surface area contributed by atoms with Crippen molar-refractivity contribution >= 4 is 0 Å². The van der Waals surface area contributed by atoms with Gasteiger partial charge >= 0.3 is 6.18 Å². The van der Waals surface area contributed by atoms with E-state index in [9.17, 15) is 18.3 Å². The molecular formula is C12H12F3NO. The first-order chi connectivity index (χ1) is 7.93. The Hall–Kier alpha value is -1.67. The molecule has 92 valence electrons. The molecule has 0 heterocycles. The first-order valence-corrected chi connectivity index (χ1v) is 4.98. The van der Waals surface area contributed by atoms with Gasteiger partial charge in [0, 0.05) is 18.5 Å². The van der Waals surface area contributed by atoms with Gasteiger partial charge < -0.3 is 10.4 Å². The predicted molar refractivity (Wildman–Crippen MR) is 58.5 cm³/mol. The highest BCUT2D eigenvalue weighted by molar-refractivity contribution is 5.43. The minimum Gasteiger partial charge on any atom is -0.508 e. The zero-order chi connectivity index (χ0) is 12.9. The van der Waals surface area contributed by atoms with Crippen LogP contribution in [0.15, 0.2) is 18.2 Å². The molecule has 2 nitrogen and oxygen atoms in total. The largest absolute Gasteiger partial charge is 0.508 e. The quantitative estimate of drug-likeness (QED) is 0.617. The summed E-state index contributed by atoms with van der Waals surface area (Å²) in [5, 5.41) is 12.0. The fourth-order valence-electron chi connectivity index (χ4n) is 1.20. The fraction of sp³-hybridized carbons (Fsp3) is 0.333. The highest BCUT2D eigenvalue weighted by Gasteiger charge is 2.31. The minimum atomic E-state index is -4.47. The van der Waals surface area contributed by atoms with Crippen LogP contribution in [0, 0.1) is 11.8 Å². The van der Waals surface area contributed by atoms with Gasteiger partial charge in [-0.2, -0.15) is 13.2 Å². The summed E-state index contributed by atoms with van der Waals surface area (Å²) in [7, 11) is 1.76. The van der Waals surface area contributed by atoms with Crippen molar-refractivity contribution in [2.75, 3.05) is 13.6 Å². The Morgan fingerprint density at radius 2 is 2.00 bits per heavy atom. The van der Waals surface area contributed by atoms with Crippen molar-refractivity contribution in [2.45, 2.75) is 12.6 Å². The van der Waals surface area contributed by atoms with Crippen LogP contribution < -0.4 is 5.32 Å². The van der Waals surface area contributed by atoms with Gasteiger partial charge in [-0.05, 0) is 25.2 Å². The fourth-order valence-corrected chi connectivity index (χ4v) is 1.20. The van der Waals surface area contributed by atoms with Crippen molar-refractivity contribution in [3.63, 3.8) is 0 Å². The van der Waals surface area contributed by atoms with Gasteiger partial charge in [0.1, 0.15) is 5.75 Å². The molecule has 17 heavy (non-hydrogen) atoms. The van der Waals surface area contributed by atoms with Gasteiger partial charge in [0.15, 0.2) is 0 Å². The lowest BCUT2D eigenvalue weighted by molar-refractivity contribution is -0.137. The number of phenols is 1. The van der Waals surface area contributed by atoms with Gasteiger partial charge in [0.05, 0.1) is 5.56 Å². The molecule has 0 saturated heterocycles. The summed E-state index contributed by atoms with van der Waals surface area (Å²) in [6.45, 7) is 0.665. The van der Waals surface area contributed by atoms with Crippen molar-refractivity contribution in [3.05, 3.63) is 29.3 Å². The summed E-state index contributed by atoms with van der Waals surface area (Å²) in [6.07, 6.45) is -3.94. The third-order valence-corrected chi connectivity index (χ3v) is 1.98. The zero-order valence-electron chi connectivity index (χ0n) is 9.23. The molecule has 0 aliphatic carbocycles. The number of benzene rings is 1. The van der Waals surface area contributed by atoms with Crippen molar-refractivity contribution in [1.82, 2.24) is 5.32 Å². The first-order valence-electron chi connectivity index (χ1n) is 4.98. The third kappa shape index (κ3) is 4.37. The second-order valence-electron chi connectivity index (χ2n) is 3.42. The molecule has 2 N–H and O–H groups in total. The van der Waals surface area contributed by atoms with E-state index in [1.165, 1.54) is 6.07 Å². The van der Waals surface area contributed by atoms with Gasteiger partial charge in [-0.25, -0.2) is 0 Å². The van der Waals surface area contributed by atoms with Gasteiger partial charge in [0.25, 0.3) is 0 Å². The summed E-state index contributed by atoms with van der Waals surface area (Å²) in [4.78, 5) is 0. The van der Waals surface area contributed by atoms with Gasteiger partial charge in [-0.1, -0.05) is 11.8 Å². The van der Waals surface area contributed by atoms with Crippen molar-refractivity contribution in [3.8, 4) is 17.6 Å². The van der Waals surface area contributed by atoms with E-state index in [4.69, 9.17) is 0 Å². The van der Waals surface area contributed by atoms with Crippen molar-refractivity contribution in [1.29, 1.82) is 0 Å². The molecule has 0 spiro atoms. The lowest BCUT2D eigenvalue weighted by atomic mass is 10.1. The molecule has 0 atom stereocenters. The molecule has 0 radical (unpaired) electrons. The predicted octanol–water partition coefficient (Wildman–Crippen LogP) is 2.37. The van der Waals surface area contributed by atoms with E-state index >= 15 is 0 Å². The van der Waals surface area contributed by atoms with Crippen molar-refractivity contribution in [2.24, 2.45) is 0 Å². The number of hydrogen-bond acceptors (Lipinski definition) is 2. The molecule has 0 fully saturated rings. The van der Waals surface area contributed by atoms with Crippen LogP contribution in [0.1, 0.15) is 17.5 Å². The summed E-state index contributed by atoms with van der Waals surface area (Å²) < 4.78 is 37.3. The molecule has 0 bridgehead atoms. The van der Waals surface area contributed by atoms with Crippen LogP contribution in [0.5, 0.6) is 5.75 Å². The maximum atomic E-state index is 12.4. The Kier molecular flexibility index (Phi) is 4.41. The highest BCUT2D eigenvalue weighted by atomic mass is 19.4. The lowest BCUT2D eigenvalue weighted by Crippen LogP contribution is -2.06. The number of hydrogen-bond donors (Lipinski definition) is 2. The zero-order valence-corrected chi connectivity index (χ0v) is 9.23. The first kappa shape index (κ1) is 13.4. The topological polar surface area (TPSA) is 32.3 Å². The average molecular weight is 243 g/mol. The number of phenolic OH excluding ortho intramolecular Hbond substituents is 1. The summed E-state index contributed by atoms with van der Waals surface area (Å²) >= 11 is 0. The molecule has 5 heteroatoms. The molecule has 0 aliphatic heterocycles. The molecule has 0 amide bonds. The molecule has 1 rings (SSSR count). The Labute approximate surface area is 97.5 Å². The number of nitrogens with one attached hydrogen (secondary N) is 1. The van der Waals surface area contributed by atoms with Gasteiger partial charge in [-0.15, -0.1) is 0 Å². The van der Waals surface area contributed by atoms with E-state index in [0.717, 1.165) is 6.07 Å². The SMILES string of the molecule is CNCCC#Cc1cc(O)cc(C(F)(F)F)c1.